The van der Waals surface area contributed by atoms with E-state index in [1.54, 1.807) is 12.1 Å². The maximum absolute atomic E-state index is 12.1. The number of aryl methyl sites for hydroxylation is 1. The van der Waals surface area contributed by atoms with Gasteiger partial charge in [0.15, 0.2) is 11.5 Å². The van der Waals surface area contributed by atoms with E-state index in [9.17, 15) is 4.79 Å². The topological polar surface area (TPSA) is 73.6 Å². The highest BCUT2D eigenvalue weighted by Gasteiger charge is 2.13. The van der Waals surface area contributed by atoms with Gasteiger partial charge in [-0.1, -0.05) is 12.1 Å². The highest BCUT2D eigenvalue weighted by molar-refractivity contribution is 5.95. The fourth-order valence-corrected chi connectivity index (χ4v) is 2.12. The predicted molar refractivity (Wildman–Crippen MR) is 79.3 cm³/mol. The van der Waals surface area contributed by atoms with Gasteiger partial charge in [0.2, 0.25) is 6.79 Å². The molecule has 0 unspecified atom stereocenters. The minimum absolute atomic E-state index is 0.153. The molecule has 1 amide bonds. The lowest BCUT2D eigenvalue weighted by Gasteiger charge is -2.08. The number of nitrogens with one attached hydrogen (secondary N) is 1. The van der Waals surface area contributed by atoms with Crippen molar-refractivity contribution in [2.24, 2.45) is 0 Å². The Morgan fingerprint density at radius 3 is 2.81 bits per heavy atom. The first-order valence-corrected chi connectivity index (χ1v) is 6.66. The molecular formula is C16H16N2O3. The van der Waals surface area contributed by atoms with Crippen molar-refractivity contribution < 1.29 is 14.3 Å². The van der Waals surface area contributed by atoms with Crippen LogP contribution in [0.4, 0.5) is 5.69 Å². The van der Waals surface area contributed by atoms with E-state index in [0.29, 0.717) is 23.5 Å². The van der Waals surface area contributed by atoms with Gasteiger partial charge < -0.3 is 20.5 Å². The van der Waals surface area contributed by atoms with E-state index in [0.717, 1.165) is 16.9 Å². The molecular weight excluding hydrogens is 268 g/mol. The molecule has 108 valence electrons. The summed E-state index contributed by atoms with van der Waals surface area (Å²) in [4.78, 5) is 12.1. The van der Waals surface area contributed by atoms with Gasteiger partial charge in [-0.3, -0.25) is 4.79 Å². The monoisotopic (exact) mass is 284 g/mol. The number of benzene rings is 2. The second-order valence-corrected chi connectivity index (χ2v) is 4.94. The molecule has 0 fully saturated rings. The molecule has 3 rings (SSSR count). The van der Waals surface area contributed by atoms with E-state index in [-0.39, 0.29) is 12.7 Å². The third-order valence-electron chi connectivity index (χ3n) is 3.43. The summed E-state index contributed by atoms with van der Waals surface area (Å²) < 4.78 is 10.6. The highest BCUT2D eigenvalue weighted by Crippen LogP contribution is 2.32. The summed E-state index contributed by atoms with van der Waals surface area (Å²) in [5.41, 5.74) is 8.90. The zero-order chi connectivity index (χ0) is 14.8. The van der Waals surface area contributed by atoms with Crippen LogP contribution in [0.1, 0.15) is 21.5 Å². The van der Waals surface area contributed by atoms with E-state index in [1.807, 2.05) is 31.2 Å². The molecule has 1 aliphatic heterocycles. The molecule has 2 aromatic carbocycles. The van der Waals surface area contributed by atoms with Gasteiger partial charge in [-0.15, -0.1) is 0 Å². The lowest BCUT2D eigenvalue weighted by atomic mass is 10.1. The minimum atomic E-state index is -0.153. The molecule has 0 saturated heterocycles. The minimum Gasteiger partial charge on any atom is -0.454 e. The Balaban J connectivity index is 1.67. The van der Waals surface area contributed by atoms with Gasteiger partial charge >= 0.3 is 0 Å². The maximum Gasteiger partial charge on any atom is 0.251 e. The predicted octanol–water partition coefficient (Wildman–Crippen LogP) is 2.24. The molecule has 0 aliphatic carbocycles. The Hall–Kier alpha value is -2.69. The first-order chi connectivity index (χ1) is 10.1. The molecule has 5 heteroatoms. The number of anilines is 1. The van der Waals surface area contributed by atoms with Crippen LogP contribution >= 0.6 is 0 Å². The summed E-state index contributed by atoms with van der Waals surface area (Å²) in [6.45, 7) is 2.57. The Bertz CT molecular complexity index is 698. The van der Waals surface area contributed by atoms with Gasteiger partial charge in [-0.05, 0) is 42.3 Å². The summed E-state index contributed by atoms with van der Waals surface area (Å²) in [7, 11) is 0. The van der Waals surface area contributed by atoms with E-state index in [1.165, 1.54) is 0 Å². The second-order valence-electron chi connectivity index (χ2n) is 4.94. The smallest absolute Gasteiger partial charge is 0.251 e. The normalized spacial score (nSPS) is 12.2. The molecule has 0 aromatic heterocycles. The maximum atomic E-state index is 12.1. The quantitative estimate of drug-likeness (QED) is 0.848. The van der Waals surface area contributed by atoms with Gasteiger partial charge in [0.1, 0.15) is 0 Å². The summed E-state index contributed by atoms with van der Waals surface area (Å²) >= 11 is 0. The molecule has 2 aromatic rings. The lowest BCUT2D eigenvalue weighted by Crippen LogP contribution is -2.22. The first-order valence-electron chi connectivity index (χ1n) is 6.66. The molecule has 5 nitrogen and oxygen atoms in total. The molecule has 1 heterocycles. The largest absolute Gasteiger partial charge is 0.454 e. The van der Waals surface area contributed by atoms with Crippen LogP contribution in [0.3, 0.4) is 0 Å². The van der Waals surface area contributed by atoms with Gasteiger partial charge in [0.25, 0.3) is 5.91 Å². The van der Waals surface area contributed by atoms with E-state index in [2.05, 4.69) is 5.32 Å². The van der Waals surface area contributed by atoms with Gasteiger partial charge in [0.05, 0.1) is 0 Å². The molecule has 21 heavy (non-hydrogen) atoms. The van der Waals surface area contributed by atoms with Crippen molar-refractivity contribution in [1.29, 1.82) is 0 Å². The van der Waals surface area contributed by atoms with Crippen molar-refractivity contribution in [3.05, 3.63) is 53.1 Å². The molecule has 0 saturated carbocycles. The van der Waals surface area contributed by atoms with E-state index >= 15 is 0 Å². The Labute approximate surface area is 122 Å². The van der Waals surface area contributed by atoms with Crippen LogP contribution in [0.5, 0.6) is 11.5 Å². The number of carbonyl (C=O) groups is 1. The van der Waals surface area contributed by atoms with Crippen molar-refractivity contribution >= 4 is 11.6 Å². The number of nitrogen functional groups attached to an aromatic ring is 1. The van der Waals surface area contributed by atoms with E-state index < -0.39 is 0 Å². The molecule has 0 atom stereocenters. The third kappa shape index (κ3) is 2.76. The summed E-state index contributed by atoms with van der Waals surface area (Å²) in [5.74, 6) is 1.29. The fourth-order valence-electron chi connectivity index (χ4n) is 2.12. The van der Waals surface area contributed by atoms with Crippen molar-refractivity contribution in [2.45, 2.75) is 13.5 Å². The number of rotatable bonds is 3. The number of hydrogen-bond acceptors (Lipinski definition) is 4. The Morgan fingerprint density at radius 2 is 2.00 bits per heavy atom. The number of amides is 1. The first kappa shape index (κ1) is 13.3. The molecule has 1 aliphatic rings. The van der Waals surface area contributed by atoms with Crippen molar-refractivity contribution in [3.8, 4) is 11.5 Å². The highest BCUT2D eigenvalue weighted by atomic mass is 16.7. The van der Waals surface area contributed by atoms with Crippen molar-refractivity contribution in [2.75, 3.05) is 12.5 Å². The number of nitrogens with two attached hydrogens (primary N) is 1. The summed E-state index contributed by atoms with van der Waals surface area (Å²) in [6, 6.07) is 10.9. The van der Waals surface area contributed by atoms with Crippen LogP contribution in [0, 0.1) is 6.92 Å². The van der Waals surface area contributed by atoms with Crippen molar-refractivity contribution in [1.82, 2.24) is 5.32 Å². The van der Waals surface area contributed by atoms with Crippen LogP contribution in [-0.4, -0.2) is 12.7 Å². The fraction of sp³-hybridized carbons (Fsp3) is 0.188. The third-order valence-corrected chi connectivity index (χ3v) is 3.43. The standard InChI is InChI=1S/C16H16N2O3/c1-10-2-4-12(7-13(10)17)16(19)18-8-11-3-5-14-15(6-11)21-9-20-14/h2-7H,8-9,17H2,1H3,(H,18,19). The number of ether oxygens (including phenoxy) is 2. The Kier molecular flexibility index (Phi) is 3.39. The second kappa shape index (κ2) is 5.36. The molecule has 0 radical (unpaired) electrons. The van der Waals surface area contributed by atoms with Crippen molar-refractivity contribution in [3.63, 3.8) is 0 Å². The number of carbonyl (C=O) groups excluding carboxylic acids is 1. The zero-order valence-electron chi connectivity index (χ0n) is 11.7. The number of fused-ring (bicyclic) bond motifs is 1. The molecule has 0 bridgehead atoms. The zero-order valence-corrected chi connectivity index (χ0v) is 11.7. The lowest BCUT2D eigenvalue weighted by molar-refractivity contribution is 0.0951. The number of hydrogen-bond donors (Lipinski definition) is 2. The van der Waals surface area contributed by atoms with Gasteiger partial charge in [0, 0.05) is 17.8 Å². The van der Waals surface area contributed by atoms with Crippen LogP contribution < -0.4 is 20.5 Å². The SMILES string of the molecule is Cc1ccc(C(=O)NCc2ccc3c(c2)OCO3)cc1N. The van der Waals surface area contributed by atoms with Gasteiger partial charge in [-0.2, -0.15) is 0 Å². The summed E-state index contributed by atoms with van der Waals surface area (Å²) in [6.07, 6.45) is 0. The summed E-state index contributed by atoms with van der Waals surface area (Å²) in [5, 5.41) is 2.86. The van der Waals surface area contributed by atoms with Crippen LogP contribution in [0.15, 0.2) is 36.4 Å². The Morgan fingerprint density at radius 1 is 1.19 bits per heavy atom. The molecule has 3 N–H and O–H groups in total. The van der Waals surface area contributed by atoms with Crippen LogP contribution in [0.25, 0.3) is 0 Å². The average Bonchev–Trinajstić information content (AvgIpc) is 2.95. The van der Waals surface area contributed by atoms with Crippen LogP contribution in [-0.2, 0) is 6.54 Å². The molecule has 0 spiro atoms. The van der Waals surface area contributed by atoms with Gasteiger partial charge in [-0.25, -0.2) is 0 Å². The van der Waals surface area contributed by atoms with Crippen LogP contribution in [0.2, 0.25) is 0 Å². The average molecular weight is 284 g/mol. The van der Waals surface area contributed by atoms with E-state index in [4.69, 9.17) is 15.2 Å².